The molecule has 0 fully saturated rings. The zero-order chi connectivity index (χ0) is 60.9. The Morgan fingerprint density at radius 2 is 1.49 bits per heavy atom. The van der Waals surface area contributed by atoms with E-state index in [0.717, 1.165) is 99.2 Å². The molecule has 0 radical (unpaired) electrons. The first kappa shape index (κ1) is 75.5. The van der Waals surface area contributed by atoms with Gasteiger partial charge in [0.25, 0.3) is 0 Å². The highest BCUT2D eigenvalue weighted by Gasteiger charge is 2.21. The van der Waals surface area contributed by atoms with E-state index in [1.165, 1.54) is 22.4 Å². The number of hydrogen-bond acceptors (Lipinski definition) is 3. The molecule has 0 saturated heterocycles. The van der Waals surface area contributed by atoms with Crippen LogP contribution in [0.5, 0.6) is 0 Å². The molecular weight excluding hydrogens is 979 g/mol. The summed E-state index contributed by atoms with van der Waals surface area (Å²) in [5.74, 6) is 1.17. The van der Waals surface area contributed by atoms with Crippen LogP contribution in [0, 0.1) is 17.8 Å². The van der Waals surface area contributed by atoms with Gasteiger partial charge < -0.3 is 15.1 Å². The van der Waals surface area contributed by atoms with Crippen molar-refractivity contribution in [3.63, 3.8) is 0 Å². The Labute approximate surface area is 498 Å². The van der Waals surface area contributed by atoms with Gasteiger partial charge in [0, 0.05) is 46.8 Å². The SMILES string of the molecule is C1=CC=CC=CC=1.C=C.C=C.C=C/C(=C\C=C(/C)C/C=C\C(=C/CC)C(C)=CC/C=C(\C)NC1=CCCC=C=C1)N(CCCC)C1=CCC(/C=C/CC(C=C)C/C=C\C(=C)N(c2ccccc2)C(/C=C\C)C(C)C)C=C1.C=CC.CC. The summed E-state index contributed by atoms with van der Waals surface area (Å²) in [6.07, 6.45) is 70.4. The van der Waals surface area contributed by atoms with E-state index in [9.17, 15) is 0 Å². The summed E-state index contributed by atoms with van der Waals surface area (Å²) in [6.45, 7) is 52.8. The number of unbranched alkanes of at least 4 members (excludes halogenated alkanes) is 1. The first-order valence-corrected chi connectivity index (χ1v) is 29.6. The normalized spacial score (nSPS) is 15.7. The van der Waals surface area contributed by atoms with Crippen LogP contribution < -0.4 is 10.2 Å². The molecule has 3 aliphatic rings. The van der Waals surface area contributed by atoms with Gasteiger partial charge in [0.15, 0.2) is 0 Å². The highest BCUT2D eigenvalue weighted by atomic mass is 15.2. The van der Waals surface area contributed by atoms with Crippen molar-refractivity contribution in [2.75, 3.05) is 11.4 Å². The smallest absolute Gasteiger partial charge is 0.0544 e. The van der Waals surface area contributed by atoms with Gasteiger partial charge in [-0.25, -0.2) is 0 Å². The van der Waals surface area contributed by atoms with Crippen LogP contribution in [0.1, 0.15) is 140 Å². The second kappa shape index (κ2) is 51.9. The highest BCUT2D eigenvalue weighted by Crippen LogP contribution is 2.28. The summed E-state index contributed by atoms with van der Waals surface area (Å²) >= 11 is 0. The lowest BCUT2D eigenvalue weighted by atomic mass is 9.95. The van der Waals surface area contributed by atoms with E-state index >= 15 is 0 Å². The molecule has 3 nitrogen and oxygen atoms in total. The van der Waals surface area contributed by atoms with E-state index in [0.29, 0.717) is 17.8 Å². The fourth-order valence-electron chi connectivity index (χ4n) is 8.22. The summed E-state index contributed by atoms with van der Waals surface area (Å²) in [4.78, 5) is 4.79. The van der Waals surface area contributed by atoms with Crippen LogP contribution in [-0.4, -0.2) is 17.5 Å². The zero-order valence-electron chi connectivity index (χ0n) is 52.7. The van der Waals surface area contributed by atoms with Crippen molar-refractivity contribution < 1.29 is 0 Å². The molecule has 0 amide bonds. The fourth-order valence-corrected chi connectivity index (χ4v) is 8.22. The van der Waals surface area contributed by atoms with Crippen molar-refractivity contribution in [2.24, 2.45) is 17.8 Å². The van der Waals surface area contributed by atoms with Crippen LogP contribution in [0.15, 0.2) is 310 Å². The highest BCUT2D eigenvalue weighted by molar-refractivity contribution is 5.56. The van der Waals surface area contributed by atoms with Gasteiger partial charge in [0.05, 0.1) is 6.04 Å². The largest absolute Gasteiger partial charge is 0.359 e. The maximum absolute atomic E-state index is 4.51. The third kappa shape index (κ3) is 34.9. The van der Waals surface area contributed by atoms with Gasteiger partial charge >= 0.3 is 0 Å². The zero-order valence-corrected chi connectivity index (χ0v) is 52.7. The molecule has 3 unspecified atom stereocenters. The van der Waals surface area contributed by atoms with Crippen LogP contribution in [0.25, 0.3) is 0 Å². The average Bonchev–Trinajstić information content (AvgIpc) is 3.96. The number of anilines is 1. The summed E-state index contributed by atoms with van der Waals surface area (Å²) in [7, 11) is 0. The number of nitrogens with one attached hydrogen (secondary N) is 1. The van der Waals surface area contributed by atoms with Crippen LogP contribution >= 0.6 is 0 Å². The molecule has 3 heteroatoms. The molecule has 81 heavy (non-hydrogen) atoms. The Morgan fingerprint density at radius 3 is 2.09 bits per heavy atom. The lowest BCUT2D eigenvalue weighted by Crippen LogP contribution is -2.36. The first-order chi connectivity index (χ1) is 39.5. The third-order valence-corrected chi connectivity index (χ3v) is 12.4. The quantitative estimate of drug-likeness (QED) is 0.0513. The van der Waals surface area contributed by atoms with Crippen molar-refractivity contribution in [3.8, 4) is 0 Å². The van der Waals surface area contributed by atoms with E-state index in [1.807, 2.05) is 69.4 Å². The molecule has 0 bridgehead atoms. The number of benzene rings is 1. The third-order valence-electron chi connectivity index (χ3n) is 12.4. The summed E-state index contributed by atoms with van der Waals surface area (Å²) < 4.78 is 0. The molecular formula is C78H109N3. The van der Waals surface area contributed by atoms with E-state index in [1.54, 1.807) is 6.08 Å². The number of allylic oxidation sites excluding steroid dienone is 29. The van der Waals surface area contributed by atoms with E-state index in [4.69, 9.17) is 0 Å². The summed E-state index contributed by atoms with van der Waals surface area (Å²) in [5.41, 5.74) is 16.9. The standard InChI is InChI=1S/C62H83N3.C7H6.C3H6.C2H6.2C2H4/c1-12-17-49-64(59(16-5)46-43-51(8)31-25-38-57(29-13-2)52(9)32-26-33-53(10)63-58-39-21-18-19-22-40-58)60-47-44-56(45-48-60)37-28-36-55(15-4)35-27-34-54(11)65(61-41-23-20-24-42-61)62(30-14-3)50(6)7;1-2-4-6-7-5-3-1;1-3-2;3*1-2/h14-16,18,20,23-25,27-30,32-34,37-44,46-48,50,55-56,62-63H,4-5,11-13,17,19,22,26,31,35-36,45,49H2,1-3,6-10H3;1-6H;3H,1H2,2H3;1-2H3;2*1-2H2/b30-14-,34-27-,37-28+,38-25-,51-43+,52-32?,53-33+,57-29+,59-46+;;;;;. The van der Waals surface area contributed by atoms with Gasteiger partial charge in [-0.1, -0.05) is 206 Å². The minimum atomic E-state index is 0.227. The molecule has 3 atom stereocenters. The summed E-state index contributed by atoms with van der Waals surface area (Å²) in [5, 5.41) is 3.51. The molecule has 0 saturated carbocycles. The van der Waals surface area contributed by atoms with Gasteiger partial charge in [0.2, 0.25) is 0 Å². The Bertz CT molecular complexity index is 2500. The lowest BCUT2D eigenvalue weighted by Gasteiger charge is -2.35. The Kier molecular flexibility index (Phi) is 48.4. The van der Waals surface area contributed by atoms with Gasteiger partial charge in [-0.2, -0.15) is 0 Å². The molecule has 0 spiro atoms. The monoisotopic (exact) mass is 1090 g/mol. The van der Waals surface area contributed by atoms with Crippen molar-refractivity contribution in [2.45, 2.75) is 146 Å². The van der Waals surface area contributed by atoms with Crippen molar-refractivity contribution in [1.29, 1.82) is 0 Å². The van der Waals surface area contributed by atoms with Crippen molar-refractivity contribution in [1.82, 2.24) is 10.2 Å². The predicted molar refractivity (Wildman–Crippen MR) is 370 cm³/mol. The Hall–Kier alpha value is -7.54. The van der Waals surface area contributed by atoms with E-state index in [-0.39, 0.29) is 6.04 Å². The van der Waals surface area contributed by atoms with Crippen LogP contribution in [0.3, 0.4) is 0 Å². The van der Waals surface area contributed by atoms with Crippen LogP contribution in [0.2, 0.25) is 0 Å². The van der Waals surface area contributed by atoms with Crippen molar-refractivity contribution >= 4 is 5.69 Å². The first-order valence-electron chi connectivity index (χ1n) is 29.6. The van der Waals surface area contributed by atoms with Crippen LogP contribution in [-0.2, 0) is 0 Å². The Balaban J connectivity index is 0. The second-order valence-corrected chi connectivity index (χ2v) is 19.2. The van der Waals surface area contributed by atoms with E-state index in [2.05, 4.69) is 280 Å². The van der Waals surface area contributed by atoms with Gasteiger partial charge in [-0.3, -0.25) is 0 Å². The number of hydrogen-bond donors (Lipinski definition) is 1. The minimum absolute atomic E-state index is 0.227. The number of para-hydroxylation sites is 1. The maximum Gasteiger partial charge on any atom is 0.0544 e. The molecule has 1 N–H and O–H groups in total. The predicted octanol–water partition coefficient (Wildman–Crippen LogP) is 23.0. The molecule has 0 aromatic heterocycles. The summed E-state index contributed by atoms with van der Waals surface area (Å²) in [6, 6.07) is 10.8. The fraction of sp³-hybridized carbons (Fsp3) is 0.333. The molecule has 0 aliphatic heterocycles. The van der Waals surface area contributed by atoms with Gasteiger partial charge in [0.1, 0.15) is 0 Å². The maximum atomic E-state index is 4.51. The Morgan fingerprint density at radius 1 is 0.815 bits per heavy atom. The second-order valence-electron chi connectivity index (χ2n) is 19.2. The average molecular weight is 1090 g/mol. The topological polar surface area (TPSA) is 18.5 Å². The molecule has 1 aromatic rings. The molecule has 436 valence electrons. The molecule has 0 heterocycles. The van der Waals surface area contributed by atoms with Crippen molar-refractivity contribution in [3.05, 3.63) is 310 Å². The lowest BCUT2D eigenvalue weighted by molar-refractivity contribution is 0.432. The minimum Gasteiger partial charge on any atom is -0.359 e. The molecule has 4 rings (SSSR count). The van der Waals surface area contributed by atoms with Gasteiger partial charge in [-0.05, 0) is 176 Å². The number of nitrogens with zero attached hydrogens (tertiary/aromatic N) is 2. The molecule has 1 aromatic carbocycles. The number of rotatable bonds is 28. The van der Waals surface area contributed by atoms with E-state index < -0.39 is 0 Å². The van der Waals surface area contributed by atoms with Crippen LogP contribution in [0.4, 0.5) is 5.69 Å². The molecule has 3 aliphatic carbocycles. The van der Waals surface area contributed by atoms with Gasteiger partial charge in [-0.15, -0.1) is 50.9 Å².